The Morgan fingerprint density at radius 3 is 2.56 bits per heavy atom. The Morgan fingerprint density at radius 1 is 1.07 bits per heavy atom. The van der Waals surface area contributed by atoms with Crippen molar-refractivity contribution in [3.8, 4) is 17.0 Å². The summed E-state index contributed by atoms with van der Waals surface area (Å²) in [4.78, 5) is 12.4. The number of rotatable bonds is 4. The van der Waals surface area contributed by atoms with E-state index in [1.165, 1.54) is 16.8 Å². The molecule has 0 bridgehead atoms. The number of hydrogen-bond acceptors (Lipinski definition) is 5. The largest absolute Gasteiger partial charge is 0.508 e. The highest BCUT2D eigenvalue weighted by Crippen LogP contribution is 2.29. The van der Waals surface area contributed by atoms with Crippen LogP contribution in [0.1, 0.15) is 42.4 Å². The van der Waals surface area contributed by atoms with Gasteiger partial charge in [-0.3, -0.25) is 4.90 Å². The van der Waals surface area contributed by atoms with Gasteiger partial charge in [0.15, 0.2) is 0 Å². The van der Waals surface area contributed by atoms with E-state index in [1.807, 2.05) is 12.1 Å². The Balaban J connectivity index is 1.68. The fourth-order valence-corrected chi connectivity index (χ4v) is 4.24. The van der Waals surface area contributed by atoms with Crippen LogP contribution in [-0.2, 0) is 19.4 Å². The van der Waals surface area contributed by atoms with Crippen LogP contribution < -0.4 is 0 Å². The van der Waals surface area contributed by atoms with Crippen LogP contribution in [0.15, 0.2) is 41.1 Å². The average Bonchev–Trinajstić information content (AvgIpc) is 3.09. The second kappa shape index (κ2) is 7.79. The minimum absolute atomic E-state index is 0.282. The molecule has 1 aliphatic heterocycles. The number of phenolic OH excluding ortho intramolecular Hbond substituents is 1. The summed E-state index contributed by atoms with van der Waals surface area (Å²) < 4.78 is 0. The molecule has 3 aromatic rings. The smallest absolute Gasteiger partial charge is 0.131 e. The van der Waals surface area contributed by atoms with E-state index in [0.717, 1.165) is 49.6 Å². The molecule has 2 aromatic heterocycles. The predicted molar refractivity (Wildman–Crippen MR) is 110 cm³/mol. The molecule has 27 heavy (non-hydrogen) atoms. The molecule has 0 spiro atoms. The van der Waals surface area contributed by atoms with Crippen molar-refractivity contribution >= 4 is 11.3 Å². The molecule has 4 nitrogen and oxygen atoms in total. The summed E-state index contributed by atoms with van der Waals surface area (Å²) in [6.45, 7) is 7.31. The molecular weight excluding hydrogens is 354 g/mol. The summed E-state index contributed by atoms with van der Waals surface area (Å²) in [7, 11) is 0. The van der Waals surface area contributed by atoms with Gasteiger partial charge in [-0.1, -0.05) is 13.8 Å². The molecule has 0 radical (unpaired) electrons. The number of aromatic nitrogens is 2. The first-order chi connectivity index (χ1) is 13.1. The number of fused-ring (bicyclic) bond motifs is 1. The lowest BCUT2D eigenvalue weighted by molar-refractivity contribution is 0.279. The zero-order chi connectivity index (χ0) is 18.8. The third kappa shape index (κ3) is 4.04. The average molecular weight is 380 g/mol. The zero-order valence-electron chi connectivity index (χ0n) is 15.9. The maximum Gasteiger partial charge on any atom is 0.131 e. The molecule has 1 N–H and O–H groups in total. The Bertz CT molecular complexity index is 904. The monoisotopic (exact) mass is 379 g/mol. The Hall–Kier alpha value is -2.24. The molecule has 0 saturated heterocycles. The SMILES string of the molecule is CC(C)c1nc2c(c(-c3ccc(O)cc3)n1)CCN(Cc1ccsc1)CC2. The molecule has 3 heterocycles. The van der Waals surface area contributed by atoms with Crippen LogP contribution in [-0.4, -0.2) is 33.1 Å². The second-order valence-electron chi connectivity index (χ2n) is 7.46. The first-order valence-corrected chi connectivity index (χ1v) is 10.5. The van der Waals surface area contributed by atoms with Gasteiger partial charge >= 0.3 is 0 Å². The highest BCUT2D eigenvalue weighted by atomic mass is 32.1. The van der Waals surface area contributed by atoms with Gasteiger partial charge in [-0.05, 0) is 53.1 Å². The fraction of sp³-hybridized carbons (Fsp3) is 0.364. The molecule has 140 valence electrons. The van der Waals surface area contributed by atoms with Gasteiger partial charge in [0.2, 0.25) is 0 Å². The molecule has 0 atom stereocenters. The van der Waals surface area contributed by atoms with Crippen molar-refractivity contribution in [2.45, 2.75) is 39.2 Å². The van der Waals surface area contributed by atoms with Gasteiger partial charge < -0.3 is 5.11 Å². The summed E-state index contributed by atoms with van der Waals surface area (Å²) in [6.07, 6.45) is 1.90. The molecule has 0 fully saturated rings. The van der Waals surface area contributed by atoms with Gasteiger partial charge in [-0.25, -0.2) is 9.97 Å². The number of phenols is 1. The summed E-state index contributed by atoms with van der Waals surface area (Å²) >= 11 is 1.76. The van der Waals surface area contributed by atoms with E-state index in [2.05, 4.69) is 35.6 Å². The summed E-state index contributed by atoms with van der Waals surface area (Å²) in [5.74, 6) is 1.48. The summed E-state index contributed by atoms with van der Waals surface area (Å²) in [5.41, 5.74) is 5.92. The minimum Gasteiger partial charge on any atom is -0.508 e. The van der Waals surface area contributed by atoms with E-state index in [-0.39, 0.29) is 11.7 Å². The van der Waals surface area contributed by atoms with Crippen molar-refractivity contribution in [1.82, 2.24) is 14.9 Å². The van der Waals surface area contributed by atoms with E-state index < -0.39 is 0 Å². The lowest BCUT2D eigenvalue weighted by atomic mass is 10.00. The molecular formula is C22H25N3OS. The lowest BCUT2D eigenvalue weighted by Crippen LogP contribution is -2.25. The third-order valence-electron chi connectivity index (χ3n) is 5.10. The van der Waals surface area contributed by atoms with Crippen molar-refractivity contribution in [2.75, 3.05) is 13.1 Å². The molecule has 0 amide bonds. The lowest BCUT2D eigenvalue weighted by Gasteiger charge is -2.18. The summed E-state index contributed by atoms with van der Waals surface area (Å²) in [5, 5.41) is 14.0. The molecule has 1 aromatic carbocycles. The van der Waals surface area contributed by atoms with E-state index in [4.69, 9.17) is 9.97 Å². The van der Waals surface area contributed by atoms with Crippen LogP contribution in [0.5, 0.6) is 5.75 Å². The first-order valence-electron chi connectivity index (χ1n) is 9.52. The standard InChI is InChI=1S/C22H25N3OS/c1-15(2)22-23-20-8-11-25(13-16-9-12-27-14-16)10-7-19(20)21(24-22)17-3-5-18(26)6-4-17/h3-6,9,12,14-15,26H,7-8,10-11,13H2,1-2H3. The second-order valence-corrected chi connectivity index (χ2v) is 8.25. The Labute approximate surface area is 164 Å². The van der Waals surface area contributed by atoms with Crippen molar-refractivity contribution < 1.29 is 5.11 Å². The predicted octanol–water partition coefficient (Wildman–Crippen LogP) is 4.63. The van der Waals surface area contributed by atoms with Crippen molar-refractivity contribution in [3.05, 3.63) is 63.7 Å². The van der Waals surface area contributed by atoms with Gasteiger partial charge in [0.05, 0.1) is 5.69 Å². The van der Waals surface area contributed by atoms with E-state index in [1.54, 1.807) is 23.5 Å². The van der Waals surface area contributed by atoms with Gasteiger partial charge in [-0.15, -0.1) is 0 Å². The fourth-order valence-electron chi connectivity index (χ4n) is 3.58. The number of thiophene rings is 1. The van der Waals surface area contributed by atoms with Gasteiger partial charge in [0, 0.05) is 48.8 Å². The van der Waals surface area contributed by atoms with Crippen LogP contribution >= 0.6 is 11.3 Å². The molecule has 4 rings (SSSR count). The van der Waals surface area contributed by atoms with Gasteiger partial charge in [0.1, 0.15) is 11.6 Å². The quantitative estimate of drug-likeness (QED) is 0.718. The highest BCUT2D eigenvalue weighted by Gasteiger charge is 2.22. The van der Waals surface area contributed by atoms with Crippen LogP contribution in [0, 0.1) is 0 Å². The van der Waals surface area contributed by atoms with Crippen LogP contribution in [0.3, 0.4) is 0 Å². The van der Waals surface area contributed by atoms with Crippen molar-refractivity contribution in [3.63, 3.8) is 0 Å². The third-order valence-corrected chi connectivity index (χ3v) is 5.83. The van der Waals surface area contributed by atoms with E-state index >= 15 is 0 Å². The van der Waals surface area contributed by atoms with Gasteiger partial charge in [-0.2, -0.15) is 11.3 Å². The Morgan fingerprint density at radius 2 is 1.85 bits per heavy atom. The van der Waals surface area contributed by atoms with Crippen LogP contribution in [0.4, 0.5) is 0 Å². The van der Waals surface area contributed by atoms with E-state index in [0.29, 0.717) is 0 Å². The number of nitrogens with zero attached hydrogens (tertiary/aromatic N) is 3. The highest BCUT2D eigenvalue weighted by molar-refractivity contribution is 7.07. The van der Waals surface area contributed by atoms with Crippen molar-refractivity contribution in [2.24, 2.45) is 0 Å². The molecule has 5 heteroatoms. The number of benzene rings is 1. The van der Waals surface area contributed by atoms with E-state index in [9.17, 15) is 5.11 Å². The molecule has 1 aliphatic rings. The summed E-state index contributed by atoms with van der Waals surface area (Å²) in [6, 6.07) is 9.59. The molecule has 0 saturated carbocycles. The topological polar surface area (TPSA) is 49.3 Å². The maximum absolute atomic E-state index is 9.65. The zero-order valence-corrected chi connectivity index (χ0v) is 16.7. The van der Waals surface area contributed by atoms with Crippen LogP contribution in [0.25, 0.3) is 11.3 Å². The van der Waals surface area contributed by atoms with Crippen molar-refractivity contribution in [1.29, 1.82) is 0 Å². The number of aromatic hydroxyl groups is 1. The molecule has 0 aliphatic carbocycles. The Kier molecular flexibility index (Phi) is 5.23. The number of hydrogen-bond donors (Lipinski definition) is 1. The van der Waals surface area contributed by atoms with Crippen LogP contribution in [0.2, 0.25) is 0 Å². The minimum atomic E-state index is 0.282. The maximum atomic E-state index is 9.65. The van der Waals surface area contributed by atoms with Gasteiger partial charge in [0.25, 0.3) is 0 Å². The normalized spacial score (nSPS) is 14.9. The molecule has 0 unspecified atom stereocenters. The first kappa shape index (κ1) is 18.1.